The highest BCUT2D eigenvalue weighted by molar-refractivity contribution is 14.1. The average molecular weight is 705 g/mol. The molecule has 0 spiro atoms. The molecule has 0 aliphatic heterocycles. The lowest BCUT2D eigenvalue weighted by Crippen LogP contribution is -2.22. The molecule has 0 saturated heterocycles. The van der Waals surface area contributed by atoms with Crippen molar-refractivity contribution in [2.75, 3.05) is 0 Å². The maximum atomic E-state index is 13.2. The van der Waals surface area contributed by atoms with Crippen molar-refractivity contribution in [2.45, 2.75) is 6.61 Å². The first-order valence-corrected chi connectivity index (χ1v) is 13.1. The monoisotopic (exact) mass is 704 g/mol. The fourth-order valence-corrected chi connectivity index (χ4v) is 6.87. The third-order valence-corrected chi connectivity index (χ3v) is 7.84. The standard InChI is InChI=1S/C23H12Cl2I2N2O2S/c24-14-6-5-12(16(25)9-14)11-31-21-13(7-15(26)10-17(21)27)8-20-22(30)29-19-4-2-1-3-18(19)28-23(29)32-20/h1-10H,11H2/b20-8+. The minimum absolute atomic E-state index is 0.0840. The molecule has 0 saturated carbocycles. The Labute approximate surface area is 224 Å². The number of nitrogens with zero attached hydrogens (tertiary/aromatic N) is 2. The molecule has 5 rings (SSSR count). The molecule has 32 heavy (non-hydrogen) atoms. The number of imidazole rings is 1. The van der Waals surface area contributed by atoms with E-state index in [2.05, 4.69) is 50.2 Å². The lowest BCUT2D eigenvalue weighted by molar-refractivity contribution is 0.303. The molecule has 2 aromatic heterocycles. The third kappa shape index (κ3) is 4.25. The van der Waals surface area contributed by atoms with Crippen molar-refractivity contribution in [3.05, 3.63) is 97.8 Å². The van der Waals surface area contributed by atoms with Crippen LogP contribution in [0.3, 0.4) is 0 Å². The summed E-state index contributed by atoms with van der Waals surface area (Å²) < 4.78 is 10.4. The van der Waals surface area contributed by atoms with Gasteiger partial charge in [-0.25, -0.2) is 9.38 Å². The van der Waals surface area contributed by atoms with Gasteiger partial charge in [0.15, 0.2) is 4.96 Å². The largest absolute Gasteiger partial charge is 0.487 e. The van der Waals surface area contributed by atoms with Crippen LogP contribution < -0.4 is 14.8 Å². The predicted octanol–water partition coefficient (Wildman–Crippen LogP) is 6.55. The Balaban J connectivity index is 1.60. The van der Waals surface area contributed by atoms with E-state index in [1.54, 1.807) is 16.5 Å². The van der Waals surface area contributed by atoms with E-state index in [-0.39, 0.29) is 12.2 Å². The van der Waals surface area contributed by atoms with Gasteiger partial charge in [0.1, 0.15) is 12.4 Å². The van der Waals surface area contributed by atoms with Crippen LogP contribution in [0.1, 0.15) is 11.1 Å². The van der Waals surface area contributed by atoms with Crippen molar-refractivity contribution in [1.82, 2.24) is 9.38 Å². The van der Waals surface area contributed by atoms with Crippen molar-refractivity contribution in [1.29, 1.82) is 0 Å². The number of halogens is 4. The molecule has 0 aliphatic rings. The van der Waals surface area contributed by atoms with E-state index in [9.17, 15) is 4.79 Å². The number of para-hydroxylation sites is 2. The summed E-state index contributed by atoms with van der Waals surface area (Å²) in [5.74, 6) is 0.701. The van der Waals surface area contributed by atoms with Gasteiger partial charge in [-0.15, -0.1) is 0 Å². The first-order valence-electron chi connectivity index (χ1n) is 9.38. The molecule has 9 heteroatoms. The summed E-state index contributed by atoms with van der Waals surface area (Å²) in [5, 5.41) is 1.13. The Bertz CT molecular complexity index is 1610. The van der Waals surface area contributed by atoms with Gasteiger partial charge in [-0.3, -0.25) is 4.79 Å². The van der Waals surface area contributed by atoms with E-state index >= 15 is 0 Å². The predicted molar refractivity (Wildman–Crippen MR) is 148 cm³/mol. The van der Waals surface area contributed by atoms with Crippen LogP contribution in [0.2, 0.25) is 10.0 Å². The Kier molecular flexibility index (Phi) is 6.36. The highest BCUT2D eigenvalue weighted by Gasteiger charge is 2.14. The van der Waals surface area contributed by atoms with E-state index in [1.165, 1.54) is 11.3 Å². The topological polar surface area (TPSA) is 43.6 Å². The SMILES string of the molecule is O=c1/c(=C\c2cc(I)cc(I)c2OCc2ccc(Cl)cc2Cl)sc2nc3ccccc3n12. The van der Waals surface area contributed by atoms with Gasteiger partial charge in [0, 0.05) is 24.7 Å². The van der Waals surface area contributed by atoms with Crippen molar-refractivity contribution in [3.63, 3.8) is 0 Å². The maximum Gasteiger partial charge on any atom is 0.274 e. The number of aromatic nitrogens is 2. The second kappa shape index (κ2) is 9.09. The lowest BCUT2D eigenvalue weighted by atomic mass is 10.2. The van der Waals surface area contributed by atoms with Crippen LogP contribution >= 0.6 is 79.7 Å². The van der Waals surface area contributed by atoms with Gasteiger partial charge in [0.25, 0.3) is 5.56 Å². The second-order valence-electron chi connectivity index (χ2n) is 6.96. The minimum atomic E-state index is -0.0840. The molecular formula is C23H12Cl2I2N2O2S. The third-order valence-electron chi connectivity index (χ3n) is 4.86. The van der Waals surface area contributed by atoms with Gasteiger partial charge in [0.2, 0.25) is 0 Å². The van der Waals surface area contributed by atoms with Crippen LogP contribution in [-0.4, -0.2) is 9.38 Å². The van der Waals surface area contributed by atoms with Gasteiger partial charge in [-0.2, -0.15) is 0 Å². The van der Waals surface area contributed by atoms with E-state index in [4.69, 9.17) is 27.9 Å². The smallest absolute Gasteiger partial charge is 0.274 e. The van der Waals surface area contributed by atoms with Crippen LogP contribution in [0, 0.1) is 7.14 Å². The first kappa shape index (κ1) is 22.4. The number of rotatable bonds is 4. The molecule has 0 radical (unpaired) electrons. The quantitative estimate of drug-likeness (QED) is 0.200. The lowest BCUT2D eigenvalue weighted by Gasteiger charge is -2.13. The van der Waals surface area contributed by atoms with E-state index < -0.39 is 0 Å². The number of ether oxygens (including phenoxy) is 1. The Morgan fingerprint density at radius 2 is 1.91 bits per heavy atom. The molecule has 160 valence electrons. The summed E-state index contributed by atoms with van der Waals surface area (Å²) in [7, 11) is 0. The fourth-order valence-electron chi connectivity index (χ4n) is 3.38. The van der Waals surface area contributed by atoms with Crippen molar-refractivity contribution in [3.8, 4) is 5.75 Å². The van der Waals surface area contributed by atoms with Crippen molar-refractivity contribution in [2.24, 2.45) is 0 Å². The second-order valence-corrected chi connectivity index (χ2v) is 11.2. The van der Waals surface area contributed by atoms with Crippen LogP contribution in [0.5, 0.6) is 5.75 Å². The molecule has 0 bridgehead atoms. The molecule has 0 atom stereocenters. The molecule has 0 N–H and O–H groups in total. The summed E-state index contributed by atoms with van der Waals surface area (Å²) in [5.41, 5.74) is 3.21. The summed E-state index contributed by atoms with van der Waals surface area (Å²) in [6.07, 6.45) is 1.87. The van der Waals surface area contributed by atoms with Crippen LogP contribution in [0.4, 0.5) is 0 Å². The number of thiazole rings is 1. The van der Waals surface area contributed by atoms with Gasteiger partial charge >= 0.3 is 0 Å². The van der Waals surface area contributed by atoms with Gasteiger partial charge < -0.3 is 4.74 Å². The molecule has 0 fully saturated rings. The van der Waals surface area contributed by atoms with E-state index in [0.29, 0.717) is 25.3 Å². The maximum absolute atomic E-state index is 13.2. The molecule has 4 nitrogen and oxygen atoms in total. The molecule has 0 unspecified atom stereocenters. The normalized spacial score (nSPS) is 12.2. The number of benzene rings is 3. The zero-order valence-corrected chi connectivity index (χ0v) is 22.8. The number of hydrogen-bond donors (Lipinski definition) is 0. The molecular weight excluding hydrogens is 693 g/mol. The summed E-state index contributed by atoms with van der Waals surface area (Å²) in [4.78, 5) is 18.4. The summed E-state index contributed by atoms with van der Waals surface area (Å²) in [6, 6.07) is 17.0. The zero-order valence-electron chi connectivity index (χ0n) is 16.1. The van der Waals surface area contributed by atoms with Crippen LogP contribution in [0.15, 0.2) is 59.4 Å². The number of fused-ring (bicyclic) bond motifs is 3. The molecule has 2 heterocycles. The Hall–Kier alpha value is -1.40. The Morgan fingerprint density at radius 3 is 2.72 bits per heavy atom. The minimum Gasteiger partial charge on any atom is -0.487 e. The van der Waals surface area contributed by atoms with Crippen LogP contribution in [-0.2, 0) is 6.61 Å². The van der Waals surface area contributed by atoms with Crippen LogP contribution in [0.25, 0.3) is 22.1 Å². The van der Waals surface area contributed by atoms with Crippen molar-refractivity contribution >= 4 is 102 Å². The molecule has 0 aliphatic carbocycles. The highest BCUT2D eigenvalue weighted by atomic mass is 127. The van der Waals surface area contributed by atoms with E-state index in [1.807, 2.05) is 48.5 Å². The fraction of sp³-hybridized carbons (Fsp3) is 0.0435. The van der Waals surface area contributed by atoms with Crippen molar-refractivity contribution < 1.29 is 4.74 Å². The van der Waals surface area contributed by atoms with Gasteiger partial charge in [-0.1, -0.05) is 52.7 Å². The zero-order chi connectivity index (χ0) is 22.4. The summed E-state index contributed by atoms with van der Waals surface area (Å²) >= 11 is 18.2. The highest BCUT2D eigenvalue weighted by Crippen LogP contribution is 2.31. The molecule has 0 amide bonds. The van der Waals surface area contributed by atoms with Gasteiger partial charge in [0.05, 0.1) is 19.1 Å². The summed E-state index contributed by atoms with van der Waals surface area (Å²) in [6.45, 7) is 0.288. The average Bonchev–Trinajstić information content (AvgIpc) is 3.25. The first-order chi connectivity index (χ1) is 15.4. The molecule has 5 aromatic rings. The number of hydrogen-bond acceptors (Lipinski definition) is 4. The Morgan fingerprint density at radius 1 is 1.09 bits per heavy atom. The van der Waals surface area contributed by atoms with Gasteiger partial charge in [-0.05, 0) is 87.7 Å². The molecule has 3 aromatic carbocycles. The van der Waals surface area contributed by atoms with E-state index in [0.717, 1.165) is 29.3 Å².